The second kappa shape index (κ2) is 10.3. The molecule has 1 saturated heterocycles. The van der Waals surface area contributed by atoms with Crippen molar-refractivity contribution in [2.75, 3.05) is 13.7 Å². The van der Waals surface area contributed by atoms with Crippen LogP contribution in [0.15, 0.2) is 64.6 Å². The second-order valence-electron chi connectivity index (χ2n) is 7.21. The van der Waals surface area contributed by atoms with Crippen LogP contribution in [-0.2, 0) is 24.3 Å². The summed E-state index contributed by atoms with van der Waals surface area (Å²) < 4.78 is 32.1. The quantitative estimate of drug-likeness (QED) is 0.280. The molecular weight excluding hydrogens is 434 g/mol. The van der Waals surface area contributed by atoms with E-state index in [1.807, 2.05) is 0 Å². The van der Waals surface area contributed by atoms with E-state index < -0.39 is 34.0 Å². The molecule has 11 heteroatoms. The van der Waals surface area contributed by atoms with Gasteiger partial charge in [-0.2, -0.15) is 4.31 Å². The topological polar surface area (TPSA) is 142 Å². The van der Waals surface area contributed by atoms with Gasteiger partial charge in [-0.15, -0.1) is 0 Å². The summed E-state index contributed by atoms with van der Waals surface area (Å²) >= 11 is 0. The summed E-state index contributed by atoms with van der Waals surface area (Å²) in [6.45, 7) is 0.234. The maximum Gasteiger partial charge on any atom is 0.307 e. The first-order chi connectivity index (χ1) is 15.4. The molecule has 2 atom stereocenters. The number of amides is 1. The number of benzene rings is 2. The predicted molar refractivity (Wildman–Crippen MR) is 116 cm³/mol. The highest BCUT2D eigenvalue weighted by Crippen LogP contribution is 2.28. The van der Waals surface area contributed by atoms with Crippen LogP contribution in [0, 0.1) is 0 Å². The van der Waals surface area contributed by atoms with Crippen molar-refractivity contribution in [2.45, 2.75) is 36.2 Å². The fourth-order valence-electron chi connectivity index (χ4n) is 3.61. The van der Waals surface area contributed by atoms with Gasteiger partial charge < -0.3 is 10.1 Å². The molecule has 0 spiro atoms. The highest BCUT2D eigenvalue weighted by Gasteiger charge is 2.40. The van der Waals surface area contributed by atoms with Gasteiger partial charge in [0.15, 0.2) is 0 Å². The van der Waals surface area contributed by atoms with Gasteiger partial charge in [0, 0.05) is 17.1 Å². The van der Waals surface area contributed by atoms with Crippen LogP contribution in [0.4, 0.5) is 5.69 Å². The van der Waals surface area contributed by atoms with Gasteiger partial charge in [-0.25, -0.2) is 8.42 Å². The van der Waals surface area contributed by atoms with Crippen molar-refractivity contribution in [3.8, 4) is 0 Å². The van der Waals surface area contributed by atoms with Crippen molar-refractivity contribution in [2.24, 2.45) is 5.11 Å². The molecule has 1 amide bonds. The van der Waals surface area contributed by atoms with E-state index in [-0.39, 0.29) is 17.9 Å². The molecule has 1 unspecified atom stereocenters. The van der Waals surface area contributed by atoms with Gasteiger partial charge in [-0.05, 0) is 36.1 Å². The van der Waals surface area contributed by atoms with Gasteiger partial charge in [-0.3, -0.25) is 9.59 Å². The van der Waals surface area contributed by atoms with Gasteiger partial charge in [0.05, 0.1) is 24.5 Å². The Labute approximate surface area is 185 Å². The molecule has 0 aromatic heterocycles. The summed E-state index contributed by atoms with van der Waals surface area (Å²) in [5.74, 6) is -1.02. The molecular formula is C21H23N5O5S. The molecule has 1 fully saturated rings. The molecule has 32 heavy (non-hydrogen) atoms. The zero-order valence-electron chi connectivity index (χ0n) is 17.4. The molecule has 3 rings (SSSR count). The van der Waals surface area contributed by atoms with E-state index in [1.54, 1.807) is 42.5 Å². The van der Waals surface area contributed by atoms with Crippen LogP contribution in [0.5, 0.6) is 0 Å². The Kier molecular flexibility index (Phi) is 7.47. The zero-order valence-corrected chi connectivity index (χ0v) is 18.2. The minimum atomic E-state index is -3.84. The van der Waals surface area contributed by atoms with E-state index in [1.165, 1.54) is 23.5 Å². The average molecular weight is 458 g/mol. The van der Waals surface area contributed by atoms with Gasteiger partial charge in [-0.1, -0.05) is 47.6 Å². The minimum absolute atomic E-state index is 0.124. The van der Waals surface area contributed by atoms with Crippen molar-refractivity contribution in [1.82, 2.24) is 9.62 Å². The summed E-state index contributed by atoms with van der Waals surface area (Å²) in [7, 11) is -2.59. The molecule has 0 saturated carbocycles. The predicted octanol–water partition coefficient (Wildman–Crippen LogP) is 3.20. The molecule has 0 bridgehead atoms. The largest absolute Gasteiger partial charge is 0.469 e. The SMILES string of the molecule is COC(=O)CC(NC(=O)[C@@H]1CCCN1S(=O)(=O)c1ccccc1)c1ccc(N=[N+]=[N-])cc1. The van der Waals surface area contributed by atoms with Crippen molar-refractivity contribution < 1.29 is 22.7 Å². The van der Waals surface area contributed by atoms with Crippen LogP contribution < -0.4 is 5.32 Å². The first kappa shape index (κ1) is 23.3. The van der Waals surface area contributed by atoms with E-state index in [0.717, 1.165) is 0 Å². The molecule has 168 valence electrons. The van der Waals surface area contributed by atoms with Crippen LogP contribution in [0.1, 0.15) is 30.9 Å². The molecule has 2 aromatic rings. The summed E-state index contributed by atoms with van der Waals surface area (Å²) in [4.78, 5) is 27.9. The van der Waals surface area contributed by atoms with Crippen LogP contribution >= 0.6 is 0 Å². The average Bonchev–Trinajstić information content (AvgIpc) is 3.31. The Morgan fingerprint density at radius 2 is 1.91 bits per heavy atom. The fraction of sp³-hybridized carbons (Fsp3) is 0.333. The zero-order chi connectivity index (χ0) is 23.1. The molecule has 1 aliphatic heterocycles. The second-order valence-corrected chi connectivity index (χ2v) is 9.10. The number of hydrogen-bond acceptors (Lipinski definition) is 6. The summed E-state index contributed by atoms with van der Waals surface area (Å²) in [6, 6.07) is 12.7. The Morgan fingerprint density at radius 3 is 2.53 bits per heavy atom. The minimum Gasteiger partial charge on any atom is -0.469 e. The Balaban J connectivity index is 1.83. The summed E-state index contributed by atoms with van der Waals surface area (Å²) in [5.41, 5.74) is 9.53. The van der Waals surface area contributed by atoms with Crippen LogP contribution in [0.3, 0.4) is 0 Å². The fourth-order valence-corrected chi connectivity index (χ4v) is 5.29. The van der Waals surface area contributed by atoms with E-state index in [2.05, 4.69) is 15.3 Å². The van der Waals surface area contributed by atoms with E-state index in [9.17, 15) is 18.0 Å². The number of esters is 1. The Hall–Kier alpha value is -3.40. The number of carbonyl (C=O) groups is 2. The number of nitrogens with one attached hydrogen (secondary N) is 1. The van der Waals surface area contributed by atoms with Gasteiger partial charge in [0.2, 0.25) is 15.9 Å². The number of nitrogens with zero attached hydrogens (tertiary/aromatic N) is 4. The van der Waals surface area contributed by atoms with Crippen LogP contribution in [0.2, 0.25) is 0 Å². The standard InChI is InChI=1S/C21H23N5O5S/c1-31-20(27)14-18(15-9-11-16(12-10-15)24-25-22)23-21(28)19-8-5-13-26(19)32(29,30)17-6-3-2-4-7-17/h2-4,6-7,9-12,18-19H,5,8,13-14H2,1H3,(H,23,28)/t18?,19-/m0/s1. The van der Waals surface area contributed by atoms with E-state index >= 15 is 0 Å². The molecule has 2 aromatic carbocycles. The number of methoxy groups -OCH3 is 1. The highest BCUT2D eigenvalue weighted by molar-refractivity contribution is 7.89. The monoisotopic (exact) mass is 457 g/mol. The molecule has 0 radical (unpaired) electrons. The highest BCUT2D eigenvalue weighted by atomic mass is 32.2. The first-order valence-electron chi connectivity index (χ1n) is 9.96. The maximum absolute atomic E-state index is 13.1. The third-order valence-corrected chi connectivity index (χ3v) is 7.15. The van der Waals surface area contributed by atoms with Crippen molar-refractivity contribution in [3.05, 3.63) is 70.6 Å². The van der Waals surface area contributed by atoms with Crippen molar-refractivity contribution in [1.29, 1.82) is 0 Å². The Bertz CT molecular complexity index is 1120. The molecule has 0 aliphatic carbocycles. The molecule has 1 N–H and O–H groups in total. The van der Waals surface area contributed by atoms with Crippen molar-refractivity contribution >= 4 is 27.6 Å². The number of ether oxygens (including phenoxy) is 1. The first-order valence-corrected chi connectivity index (χ1v) is 11.4. The summed E-state index contributed by atoms with van der Waals surface area (Å²) in [5, 5.41) is 6.30. The third kappa shape index (κ3) is 5.25. The lowest BCUT2D eigenvalue weighted by Gasteiger charge is -2.26. The molecule has 1 heterocycles. The molecule has 10 nitrogen and oxygen atoms in total. The number of sulfonamides is 1. The summed E-state index contributed by atoms with van der Waals surface area (Å²) in [6.07, 6.45) is 0.784. The number of azide groups is 1. The number of carbonyl (C=O) groups excluding carboxylic acids is 2. The normalized spacial score (nSPS) is 17.2. The lowest BCUT2D eigenvalue weighted by Crippen LogP contribution is -2.47. The van der Waals surface area contributed by atoms with Crippen LogP contribution in [0.25, 0.3) is 10.4 Å². The lowest BCUT2D eigenvalue weighted by atomic mass is 10.0. The molecule has 1 aliphatic rings. The van der Waals surface area contributed by atoms with E-state index in [0.29, 0.717) is 24.1 Å². The number of hydrogen-bond donors (Lipinski definition) is 1. The van der Waals surface area contributed by atoms with Gasteiger partial charge in [0.1, 0.15) is 6.04 Å². The van der Waals surface area contributed by atoms with Gasteiger partial charge >= 0.3 is 5.97 Å². The van der Waals surface area contributed by atoms with Crippen molar-refractivity contribution in [3.63, 3.8) is 0 Å². The van der Waals surface area contributed by atoms with E-state index in [4.69, 9.17) is 10.3 Å². The van der Waals surface area contributed by atoms with Crippen LogP contribution in [-0.4, -0.2) is 44.3 Å². The number of rotatable bonds is 8. The maximum atomic E-state index is 13.1. The lowest BCUT2D eigenvalue weighted by molar-refractivity contribution is -0.141. The third-order valence-electron chi connectivity index (χ3n) is 5.23. The smallest absolute Gasteiger partial charge is 0.307 e. The Morgan fingerprint density at radius 1 is 1.22 bits per heavy atom. The van der Waals surface area contributed by atoms with Gasteiger partial charge in [0.25, 0.3) is 0 Å².